The molecule has 0 aliphatic heterocycles. The lowest BCUT2D eigenvalue weighted by molar-refractivity contribution is -0.311. The third kappa shape index (κ3) is 4.00. The maximum atomic E-state index is 13.1. The summed E-state index contributed by atoms with van der Waals surface area (Å²) in [6, 6.07) is 7.05. The number of carboxylic acid groups (broad SMARTS) is 1. The number of phenolic OH excluding ortho intramolecular Hbond substituents is 1. The van der Waals surface area contributed by atoms with Crippen LogP contribution in [0.15, 0.2) is 35.9 Å². The van der Waals surface area contributed by atoms with E-state index < -0.39 is 17.5 Å². The third-order valence-electron chi connectivity index (χ3n) is 14.9. The van der Waals surface area contributed by atoms with Crippen LogP contribution in [-0.4, -0.2) is 46.7 Å². The Morgan fingerprint density at radius 2 is 1.60 bits per heavy atom. The van der Waals surface area contributed by atoms with Crippen molar-refractivity contribution in [2.45, 2.75) is 112 Å². The second-order valence-corrected chi connectivity index (χ2v) is 16.5. The average molecular weight is 595 g/mol. The van der Waals surface area contributed by atoms with Crippen molar-refractivity contribution in [3.05, 3.63) is 35.9 Å². The summed E-state index contributed by atoms with van der Waals surface area (Å²) in [7, 11) is 1.76. The summed E-state index contributed by atoms with van der Waals surface area (Å²) in [4.78, 5) is 13.1. The number of carboxylic acids is 1. The van der Waals surface area contributed by atoms with Crippen molar-refractivity contribution in [2.24, 2.45) is 56.7 Å². The lowest BCUT2D eigenvalue weighted by Gasteiger charge is -2.75. The topological polar surface area (TPSA) is 96.2 Å². The van der Waals surface area contributed by atoms with Crippen LogP contribution in [0.25, 0.3) is 0 Å². The van der Waals surface area contributed by atoms with Crippen LogP contribution in [0.3, 0.4) is 0 Å². The van der Waals surface area contributed by atoms with Gasteiger partial charge in [-0.3, -0.25) is 4.79 Å². The molecule has 238 valence electrons. The van der Waals surface area contributed by atoms with Crippen molar-refractivity contribution in [2.75, 3.05) is 7.11 Å². The molecule has 43 heavy (non-hydrogen) atoms. The number of phenols is 1. The zero-order valence-corrected chi connectivity index (χ0v) is 27.5. The maximum absolute atomic E-state index is 13.1. The number of aliphatic carboxylic acids is 1. The molecule has 0 spiro atoms. The summed E-state index contributed by atoms with van der Waals surface area (Å²) >= 11 is 0. The molecule has 4 fully saturated rings. The van der Waals surface area contributed by atoms with Gasteiger partial charge in [0.15, 0.2) is 0 Å². The monoisotopic (exact) mass is 594 g/mol. The van der Waals surface area contributed by atoms with Crippen LogP contribution in [0.2, 0.25) is 0 Å². The fourth-order valence-corrected chi connectivity index (χ4v) is 12.4. The minimum absolute atomic E-state index is 0.0426. The second kappa shape index (κ2) is 9.97. The fourth-order valence-electron chi connectivity index (χ4n) is 12.4. The standard InChI is InChI=1S/C37H54O6/c1-21-13-18-37(32(40)41)20-19-35(6)28(27(37)22(21)2)29(39)30(42-8)31-34(5)16-15-26(43-24-11-9-23(38)10-12-24)33(3,4)25(34)14-17-36(31,35)7/h9-13,22,25-31,38-39H,14-20H2,1-8H3,(H,40,41)/t22-,25-,26-,27-,28-,29+,30+,31+,34-,35+,36+,37-/m0/s1. The lowest BCUT2D eigenvalue weighted by atomic mass is 9.30. The van der Waals surface area contributed by atoms with Crippen molar-refractivity contribution in [3.63, 3.8) is 0 Å². The lowest BCUT2D eigenvalue weighted by Crippen LogP contribution is -2.75. The number of hydrogen-bond acceptors (Lipinski definition) is 5. The molecule has 4 saturated carbocycles. The van der Waals surface area contributed by atoms with Gasteiger partial charge in [0.05, 0.1) is 17.6 Å². The molecule has 0 radical (unpaired) electrons. The van der Waals surface area contributed by atoms with Crippen molar-refractivity contribution in [1.29, 1.82) is 0 Å². The molecule has 0 aromatic heterocycles. The predicted molar refractivity (Wildman–Crippen MR) is 167 cm³/mol. The Bertz CT molecular complexity index is 1290. The number of fused-ring (bicyclic) bond motifs is 7. The van der Waals surface area contributed by atoms with E-state index in [0.717, 1.165) is 37.9 Å². The Morgan fingerprint density at radius 1 is 0.930 bits per heavy atom. The molecular formula is C37H54O6. The Hall–Kier alpha value is -2.05. The molecule has 1 aromatic rings. The van der Waals surface area contributed by atoms with Gasteiger partial charge in [-0.15, -0.1) is 0 Å². The number of aliphatic hydroxyl groups is 1. The van der Waals surface area contributed by atoms with E-state index in [1.807, 2.05) is 12.1 Å². The molecule has 0 saturated heterocycles. The summed E-state index contributed by atoms with van der Waals surface area (Å²) in [6.45, 7) is 16.4. The first-order chi connectivity index (χ1) is 20.1. The number of benzene rings is 1. The van der Waals surface area contributed by atoms with E-state index in [4.69, 9.17) is 9.47 Å². The Labute approximate surface area is 258 Å². The maximum Gasteiger partial charge on any atom is 0.310 e. The molecule has 1 aromatic carbocycles. The van der Waals surface area contributed by atoms with Gasteiger partial charge in [-0.1, -0.05) is 53.2 Å². The third-order valence-corrected chi connectivity index (χ3v) is 14.9. The Balaban J connectivity index is 1.40. The van der Waals surface area contributed by atoms with Crippen LogP contribution in [0.4, 0.5) is 0 Å². The van der Waals surface area contributed by atoms with E-state index in [-0.39, 0.29) is 63.3 Å². The zero-order valence-electron chi connectivity index (χ0n) is 27.5. The summed E-state index contributed by atoms with van der Waals surface area (Å²) in [6.07, 6.45) is 7.14. The predicted octanol–water partition coefficient (Wildman–Crippen LogP) is 7.48. The van der Waals surface area contributed by atoms with Crippen LogP contribution in [0, 0.1) is 56.7 Å². The van der Waals surface area contributed by atoms with Gasteiger partial charge in [-0.05, 0) is 122 Å². The Kier molecular flexibility index (Phi) is 7.18. The van der Waals surface area contributed by atoms with Crippen LogP contribution < -0.4 is 4.74 Å². The quantitative estimate of drug-likeness (QED) is 0.313. The van der Waals surface area contributed by atoms with Crippen molar-refractivity contribution in [1.82, 2.24) is 0 Å². The molecule has 5 aliphatic carbocycles. The SMILES string of the molecule is CO[C@@H]1[C@H](O)[C@@H]2[C@@H]3[C@@H](C)C(C)=CC[C@]3(C(=O)O)CC[C@@]2(C)[C@]2(C)CC[C@H]3C(C)(C)[C@@H](Oc4ccc(O)cc4)CC[C@]3(C)[C@@H]12. The highest BCUT2D eigenvalue weighted by Crippen LogP contribution is 2.77. The van der Waals surface area contributed by atoms with Crippen LogP contribution in [0.5, 0.6) is 11.5 Å². The molecule has 6 heteroatoms. The van der Waals surface area contributed by atoms with Crippen molar-refractivity contribution in [3.8, 4) is 11.5 Å². The smallest absolute Gasteiger partial charge is 0.310 e. The van der Waals surface area contributed by atoms with E-state index in [1.165, 1.54) is 5.57 Å². The fraction of sp³-hybridized carbons (Fsp3) is 0.757. The van der Waals surface area contributed by atoms with Gasteiger partial charge < -0.3 is 24.8 Å². The van der Waals surface area contributed by atoms with E-state index in [2.05, 4.69) is 54.5 Å². The number of ether oxygens (including phenoxy) is 2. The summed E-state index contributed by atoms with van der Waals surface area (Å²) < 4.78 is 13.0. The van der Waals surface area contributed by atoms with E-state index >= 15 is 0 Å². The first kappa shape index (κ1) is 31.0. The molecule has 6 rings (SSSR count). The van der Waals surface area contributed by atoms with Gasteiger partial charge in [0.25, 0.3) is 0 Å². The molecule has 6 nitrogen and oxygen atoms in total. The number of methoxy groups -OCH3 is 1. The summed E-state index contributed by atoms with van der Waals surface area (Å²) in [5.74, 6) is 0.655. The zero-order chi connectivity index (χ0) is 31.3. The molecule has 0 amide bonds. The second-order valence-electron chi connectivity index (χ2n) is 16.5. The van der Waals surface area contributed by atoms with Gasteiger partial charge >= 0.3 is 5.97 Å². The number of carbonyl (C=O) groups is 1. The van der Waals surface area contributed by atoms with Crippen LogP contribution in [-0.2, 0) is 9.53 Å². The summed E-state index contributed by atoms with van der Waals surface area (Å²) in [5.41, 5.74) is -0.0849. The molecule has 3 N–H and O–H groups in total. The van der Waals surface area contributed by atoms with Crippen LogP contribution in [0.1, 0.15) is 93.4 Å². The Morgan fingerprint density at radius 3 is 2.23 bits per heavy atom. The minimum atomic E-state index is -0.835. The molecular weight excluding hydrogens is 540 g/mol. The highest BCUT2D eigenvalue weighted by atomic mass is 16.5. The van der Waals surface area contributed by atoms with E-state index in [0.29, 0.717) is 18.8 Å². The largest absolute Gasteiger partial charge is 0.508 e. The molecule has 0 unspecified atom stereocenters. The summed E-state index contributed by atoms with van der Waals surface area (Å²) in [5, 5.41) is 33.1. The number of allylic oxidation sites excluding steroid dienone is 2. The first-order valence-corrected chi connectivity index (χ1v) is 16.6. The highest BCUT2D eigenvalue weighted by Gasteiger charge is 2.75. The number of rotatable bonds is 4. The normalized spacial score (nSPS) is 48.5. The minimum Gasteiger partial charge on any atom is -0.508 e. The van der Waals surface area contributed by atoms with E-state index in [1.54, 1.807) is 19.2 Å². The van der Waals surface area contributed by atoms with Gasteiger partial charge in [-0.2, -0.15) is 0 Å². The molecule has 12 atom stereocenters. The van der Waals surface area contributed by atoms with Gasteiger partial charge in [0.1, 0.15) is 17.6 Å². The number of aromatic hydroxyl groups is 1. The number of aliphatic hydroxyl groups excluding tert-OH is 1. The van der Waals surface area contributed by atoms with Crippen molar-refractivity contribution < 1.29 is 29.6 Å². The van der Waals surface area contributed by atoms with Gasteiger partial charge in [0.2, 0.25) is 0 Å². The van der Waals surface area contributed by atoms with Gasteiger partial charge in [0, 0.05) is 12.5 Å². The first-order valence-electron chi connectivity index (χ1n) is 16.6. The van der Waals surface area contributed by atoms with Gasteiger partial charge in [-0.25, -0.2) is 0 Å². The average Bonchev–Trinajstić information content (AvgIpc) is 2.94. The van der Waals surface area contributed by atoms with E-state index in [9.17, 15) is 20.1 Å². The molecule has 0 heterocycles. The van der Waals surface area contributed by atoms with Crippen molar-refractivity contribution >= 4 is 5.97 Å². The van der Waals surface area contributed by atoms with Crippen LogP contribution >= 0.6 is 0 Å². The molecule has 5 aliphatic rings. The number of hydrogen-bond donors (Lipinski definition) is 3. The highest BCUT2D eigenvalue weighted by molar-refractivity contribution is 5.76. The molecule has 0 bridgehead atoms.